The van der Waals surface area contributed by atoms with Gasteiger partial charge in [0.05, 0.1) is 5.56 Å². The molecular formula is C12H14F3N3O2. The summed E-state index contributed by atoms with van der Waals surface area (Å²) >= 11 is 0. The van der Waals surface area contributed by atoms with Gasteiger partial charge in [-0.05, 0) is 18.6 Å². The number of anilines is 1. The Morgan fingerprint density at radius 1 is 1.10 bits per heavy atom. The van der Waals surface area contributed by atoms with Crippen LogP contribution in [0.15, 0.2) is 24.3 Å². The molecule has 0 aliphatic carbocycles. The second-order valence-electron chi connectivity index (χ2n) is 3.95. The minimum Gasteiger partial charge on any atom is -0.398 e. The van der Waals surface area contributed by atoms with E-state index < -0.39 is 18.0 Å². The first-order valence-corrected chi connectivity index (χ1v) is 5.80. The maximum atomic E-state index is 11.9. The van der Waals surface area contributed by atoms with Crippen molar-refractivity contribution < 1.29 is 22.8 Å². The van der Waals surface area contributed by atoms with Gasteiger partial charge >= 0.3 is 12.1 Å². The molecule has 1 aromatic carbocycles. The Kier molecular flexibility index (Phi) is 5.36. The molecule has 0 unspecified atom stereocenters. The van der Waals surface area contributed by atoms with Crippen molar-refractivity contribution in [2.45, 2.75) is 12.6 Å². The molecule has 0 aromatic heterocycles. The van der Waals surface area contributed by atoms with Gasteiger partial charge in [-0.2, -0.15) is 13.2 Å². The monoisotopic (exact) mass is 289 g/mol. The lowest BCUT2D eigenvalue weighted by atomic mass is 10.1. The van der Waals surface area contributed by atoms with E-state index >= 15 is 0 Å². The summed E-state index contributed by atoms with van der Waals surface area (Å²) in [7, 11) is 0. The Hall–Kier alpha value is -2.25. The predicted molar refractivity (Wildman–Crippen MR) is 66.9 cm³/mol. The lowest BCUT2D eigenvalue weighted by Crippen LogP contribution is -2.38. The highest BCUT2D eigenvalue weighted by Gasteiger charge is 2.38. The van der Waals surface area contributed by atoms with Gasteiger partial charge in [0.15, 0.2) is 0 Å². The van der Waals surface area contributed by atoms with Crippen molar-refractivity contribution in [3.05, 3.63) is 29.8 Å². The first-order chi connectivity index (χ1) is 9.32. The van der Waals surface area contributed by atoms with E-state index in [4.69, 9.17) is 5.73 Å². The highest BCUT2D eigenvalue weighted by atomic mass is 19.4. The van der Waals surface area contributed by atoms with E-state index in [1.807, 2.05) is 0 Å². The van der Waals surface area contributed by atoms with Crippen LogP contribution in [0.2, 0.25) is 0 Å². The molecule has 8 heteroatoms. The molecule has 0 bridgehead atoms. The van der Waals surface area contributed by atoms with Crippen LogP contribution in [0.4, 0.5) is 18.9 Å². The minimum atomic E-state index is -4.89. The van der Waals surface area contributed by atoms with Crippen LogP contribution in [-0.4, -0.2) is 31.1 Å². The minimum absolute atomic E-state index is 0.130. The number of amides is 2. The Labute approximate surface area is 113 Å². The van der Waals surface area contributed by atoms with Crippen molar-refractivity contribution in [2.24, 2.45) is 0 Å². The molecule has 20 heavy (non-hydrogen) atoms. The van der Waals surface area contributed by atoms with E-state index in [-0.39, 0.29) is 19.5 Å². The molecule has 0 spiro atoms. The quantitative estimate of drug-likeness (QED) is 0.560. The molecule has 110 valence electrons. The molecule has 0 aliphatic rings. The third-order valence-corrected chi connectivity index (χ3v) is 2.39. The SMILES string of the molecule is Nc1ccccc1C(=O)NCCCNC(=O)C(F)(F)F. The molecule has 0 saturated carbocycles. The number of halogens is 3. The number of nitrogen functional groups attached to an aromatic ring is 1. The number of nitrogens with one attached hydrogen (secondary N) is 2. The standard InChI is InChI=1S/C12H14F3N3O2/c13-12(14,15)11(20)18-7-3-6-17-10(19)8-4-1-2-5-9(8)16/h1-2,4-5H,3,6-7,16H2,(H,17,19)(H,18,20). The zero-order chi connectivity index (χ0) is 15.2. The predicted octanol–water partition coefficient (Wildman–Crippen LogP) is 1.07. The van der Waals surface area contributed by atoms with Crippen molar-refractivity contribution in [2.75, 3.05) is 18.8 Å². The maximum absolute atomic E-state index is 11.9. The smallest absolute Gasteiger partial charge is 0.398 e. The number of para-hydroxylation sites is 1. The van der Waals surface area contributed by atoms with Gasteiger partial charge in [0, 0.05) is 18.8 Å². The number of alkyl halides is 3. The molecule has 0 aliphatic heterocycles. The Morgan fingerprint density at radius 3 is 2.30 bits per heavy atom. The highest BCUT2D eigenvalue weighted by Crippen LogP contribution is 2.13. The van der Waals surface area contributed by atoms with Crippen molar-refractivity contribution in [3.63, 3.8) is 0 Å². The van der Waals surface area contributed by atoms with Gasteiger partial charge < -0.3 is 16.4 Å². The van der Waals surface area contributed by atoms with Crippen molar-refractivity contribution in [1.82, 2.24) is 10.6 Å². The summed E-state index contributed by atoms with van der Waals surface area (Å²) in [5.41, 5.74) is 6.21. The van der Waals surface area contributed by atoms with Crippen LogP contribution in [0.5, 0.6) is 0 Å². The van der Waals surface area contributed by atoms with E-state index in [1.165, 1.54) is 6.07 Å². The molecule has 1 rings (SSSR count). The van der Waals surface area contributed by atoms with Crippen molar-refractivity contribution in [3.8, 4) is 0 Å². The summed E-state index contributed by atoms with van der Waals surface area (Å²) in [6, 6.07) is 6.43. The zero-order valence-electron chi connectivity index (χ0n) is 10.5. The number of nitrogens with two attached hydrogens (primary N) is 1. The fourth-order valence-corrected chi connectivity index (χ4v) is 1.39. The summed E-state index contributed by atoms with van der Waals surface area (Å²) in [6.07, 6.45) is -4.71. The molecule has 0 saturated heterocycles. The number of rotatable bonds is 5. The molecule has 2 amide bonds. The molecular weight excluding hydrogens is 275 g/mol. The summed E-state index contributed by atoms with van der Waals surface area (Å²) in [6.45, 7) is -0.0474. The lowest BCUT2D eigenvalue weighted by molar-refractivity contribution is -0.173. The number of hydrogen-bond acceptors (Lipinski definition) is 3. The molecule has 5 nitrogen and oxygen atoms in total. The number of carbonyl (C=O) groups is 2. The number of carbonyl (C=O) groups excluding carboxylic acids is 2. The van der Waals surface area contributed by atoms with Crippen LogP contribution in [0.3, 0.4) is 0 Å². The van der Waals surface area contributed by atoms with Gasteiger partial charge in [-0.15, -0.1) is 0 Å². The van der Waals surface area contributed by atoms with Crippen molar-refractivity contribution >= 4 is 17.5 Å². The van der Waals surface area contributed by atoms with Crippen LogP contribution in [0.25, 0.3) is 0 Å². The summed E-state index contributed by atoms with van der Waals surface area (Å²) in [5.74, 6) is -2.40. The number of hydrogen-bond donors (Lipinski definition) is 3. The van der Waals surface area contributed by atoms with E-state index in [0.717, 1.165) is 0 Å². The molecule has 0 atom stereocenters. The van der Waals surface area contributed by atoms with E-state index in [0.29, 0.717) is 11.3 Å². The molecule has 0 heterocycles. The molecule has 4 N–H and O–H groups in total. The summed E-state index contributed by atoms with van der Waals surface area (Å²) < 4.78 is 35.6. The molecule has 0 fully saturated rings. The van der Waals surface area contributed by atoms with Crippen LogP contribution in [-0.2, 0) is 4.79 Å². The lowest BCUT2D eigenvalue weighted by Gasteiger charge is -2.09. The Bertz CT molecular complexity index is 489. The van der Waals surface area contributed by atoms with Crippen LogP contribution in [0, 0.1) is 0 Å². The topological polar surface area (TPSA) is 84.2 Å². The van der Waals surface area contributed by atoms with E-state index in [9.17, 15) is 22.8 Å². The van der Waals surface area contributed by atoms with Gasteiger partial charge in [0.25, 0.3) is 5.91 Å². The average molecular weight is 289 g/mol. The van der Waals surface area contributed by atoms with Gasteiger partial charge in [0.1, 0.15) is 0 Å². The summed E-state index contributed by atoms with van der Waals surface area (Å²) in [4.78, 5) is 22.2. The van der Waals surface area contributed by atoms with E-state index in [2.05, 4.69) is 5.32 Å². The van der Waals surface area contributed by atoms with Crippen LogP contribution >= 0.6 is 0 Å². The molecule has 0 radical (unpaired) electrons. The van der Waals surface area contributed by atoms with Crippen LogP contribution in [0.1, 0.15) is 16.8 Å². The fourth-order valence-electron chi connectivity index (χ4n) is 1.39. The average Bonchev–Trinajstić information content (AvgIpc) is 2.37. The Balaban J connectivity index is 2.27. The van der Waals surface area contributed by atoms with E-state index in [1.54, 1.807) is 23.5 Å². The second kappa shape index (κ2) is 6.78. The third-order valence-electron chi connectivity index (χ3n) is 2.39. The maximum Gasteiger partial charge on any atom is 0.471 e. The van der Waals surface area contributed by atoms with Gasteiger partial charge in [-0.3, -0.25) is 9.59 Å². The zero-order valence-corrected chi connectivity index (χ0v) is 10.5. The fraction of sp³-hybridized carbons (Fsp3) is 0.333. The largest absolute Gasteiger partial charge is 0.471 e. The van der Waals surface area contributed by atoms with Gasteiger partial charge in [0.2, 0.25) is 0 Å². The third kappa shape index (κ3) is 4.79. The van der Waals surface area contributed by atoms with Crippen molar-refractivity contribution in [1.29, 1.82) is 0 Å². The Morgan fingerprint density at radius 2 is 1.70 bits per heavy atom. The second-order valence-corrected chi connectivity index (χ2v) is 3.95. The van der Waals surface area contributed by atoms with Gasteiger partial charge in [-0.25, -0.2) is 0 Å². The van der Waals surface area contributed by atoms with Crippen LogP contribution < -0.4 is 16.4 Å². The number of benzene rings is 1. The molecule has 1 aromatic rings. The highest BCUT2D eigenvalue weighted by molar-refractivity contribution is 5.99. The normalized spacial score (nSPS) is 10.9. The van der Waals surface area contributed by atoms with Gasteiger partial charge in [-0.1, -0.05) is 12.1 Å². The first kappa shape index (κ1) is 15.8. The first-order valence-electron chi connectivity index (χ1n) is 5.80. The summed E-state index contributed by atoms with van der Waals surface area (Å²) in [5, 5.41) is 4.21.